The number of nitrogens with one attached hydrogen (secondary N) is 1. The van der Waals surface area contributed by atoms with E-state index in [-0.39, 0.29) is 24.9 Å². The lowest BCUT2D eigenvalue weighted by Crippen LogP contribution is -2.25. The number of para-hydroxylation sites is 1. The van der Waals surface area contributed by atoms with Gasteiger partial charge in [0.25, 0.3) is 5.91 Å². The summed E-state index contributed by atoms with van der Waals surface area (Å²) < 4.78 is 16.4. The Morgan fingerprint density at radius 1 is 1.00 bits per heavy atom. The Hall–Kier alpha value is -3.25. The molecule has 1 aromatic heterocycles. The Bertz CT molecular complexity index is 883. The summed E-state index contributed by atoms with van der Waals surface area (Å²) in [6, 6.07) is 16.0. The molecule has 2 aromatic carbocycles. The normalized spacial score (nSPS) is 11.7. The third-order valence-corrected chi connectivity index (χ3v) is 4.13. The van der Waals surface area contributed by atoms with E-state index in [0.29, 0.717) is 11.4 Å². The average Bonchev–Trinajstić information content (AvgIpc) is 3.22. The fourth-order valence-electron chi connectivity index (χ4n) is 2.68. The number of aryl methyl sites for hydroxylation is 2. The first kappa shape index (κ1) is 19.5. The van der Waals surface area contributed by atoms with Gasteiger partial charge in [-0.1, -0.05) is 18.2 Å². The molecule has 0 spiro atoms. The van der Waals surface area contributed by atoms with Crippen molar-refractivity contribution in [2.45, 2.75) is 20.0 Å². The molecule has 1 heterocycles. The maximum Gasteiger partial charge on any atom is 0.291 e. The summed E-state index contributed by atoms with van der Waals surface area (Å²) in [7, 11) is 0. The molecular formula is C22H23NO5. The third kappa shape index (κ3) is 5.14. The van der Waals surface area contributed by atoms with Gasteiger partial charge in [0.15, 0.2) is 5.76 Å². The molecule has 1 unspecified atom stereocenters. The number of benzene rings is 2. The van der Waals surface area contributed by atoms with Crippen LogP contribution in [-0.2, 0) is 0 Å². The molecule has 1 amide bonds. The Morgan fingerprint density at radius 2 is 1.68 bits per heavy atom. The minimum absolute atomic E-state index is 0.100. The summed E-state index contributed by atoms with van der Waals surface area (Å²) in [5.41, 5.74) is 2.67. The van der Waals surface area contributed by atoms with E-state index in [1.54, 1.807) is 36.4 Å². The average molecular weight is 381 g/mol. The van der Waals surface area contributed by atoms with Crippen molar-refractivity contribution in [3.05, 3.63) is 77.7 Å². The summed E-state index contributed by atoms with van der Waals surface area (Å²) in [6.45, 7) is 4.18. The SMILES string of the molecule is Cc1cccc(C)c1OCC(O)COc1ccc(NC(=O)c2ccco2)cc1. The van der Waals surface area contributed by atoms with E-state index < -0.39 is 6.10 Å². The summed E-state index contributed by atoms with van der Waals surface area (Å²) in [5.74, 6) is 1.30. The zero-order chi connectivity index (χ0) is 19.9. The van der Waals surface area contributed by atoms with Gasteiger partial charge in [0.2, 0.25) is 0 Å². The molecule has 0 fully saturated rings. The van der Waals surface area contributed by atoms with Crippen molar-refractivity contribution in [2.24, 2.45) is 0 Å². The second kappa shape index (κ2) is 9.10. The van der Waals surface area contributed by atoms with Gasteiger partial charge in [0.1, 0.15) is 30.8 Å². The molecule has 2 N–H and O–H groups in total. The molecule has 0 aliphatic carbocycles. The molecule has 0 bridgehead atoms. The van der Waals surface area contributed by atoms with Gasteiger partial charge in [-0.25, -0.2) is 0 Å². The number of hydrogen-bond acceptors (Lipinski definition) is 5. The van der Waals surface area contributed by atoms with Crippen molar-refractivity contribution >= 4 is 11.6 Å². The molecule has 3 rings (SSSR count). The van der Waals surface area contributed by atoms with Gasteiger partial charge in [-0.05, 0) is 61.4 Å². The lowest BCUT2D eigenvalue weighted by atomic mass is 10.1. The quantitative estimate of drug-likeness (QED) is 0.617. The first-order valence-corrected chi connectivity index (χ1v) is 8.97. The number of ether oxygens (including phenoxy) is 2. The van der Waals surface area contributed by atoms with E-state index in [9.17, 15) is 9.90 Å². The van der Waals surface area contributed by atoms with E-state index in [4.69, 9.17) is 13.9 Å². The minimum Gasteiger partial charge on any atom is -0.491 e. The van der Waals surface area contributed by atoms with E-state index in [1.807, 2.05) is 32.0 Å². The minimum atomic E-state index is -0.766. The van der Waals surface area contributed by atoms with Crippen LogP contribution in [-0.4, -0.2) is 30.3 Å². The van der Waals surface area contributed by atoms with Gasteiger partial charge in [0.05, 0.1) is 6.26 Å². The maximum absolute atomic E-state index is 11.9. The standard InChI is InChI=1S/C22H23NO5/c1-15-5-3-6-16(2)21(15)28-14-18(24)13-27-19-10-8-17(9-11-19)23-22(25)20-7-4-12-26-20/h3-12,18,24H,13-14H2,1-2H3,(H,23,25). The van der Waals surface area contributed by atoms with E-state index in [2.05, 4.69) is 5.32 Å². The molecule has 6 heteroatoms. The highest BCUT2D eigenvalue weighted by molar-refractivity contribution is 6.02. The molecule has 0 saturated carbocycles. The Kier molecular flexibility index (Phi) is 6.34. The van der Waals surface area contributed by atoms with Gasteiger partial charge in [-0.2, -0.15) is 0 Å². The highest BCUT2D eigenvalue weighted by atomic mass is 16.5. The molecule has 0 saturated heterocycles. The summed E-state index contributed by atoms with van der Waals surface area (Å²) >= 11 is 0. The zero-order valence-corrected chi connectivity index (χ0v) is 15.8. The highest BCUT2D eigenvalue weighted by Gasteiger charge is 2.11. The zero-order valence-electron chi connectivity index (χ0n) is 15.8. The highest BCUT2D eigenvalue weighted by Crippen LogP contribution is 2.22. The van der Waals surface area contributed by atoms with Gasteiger partial charge in [-0.3, -0.25) is 4.79 Å². The van der Waals surface area contributed by atoms with Gasteiger partial charge >= 0.3 is 0 Å². The molecule has 146 valence electrons. The van der Waals surface area contributed by atoms with Crippen molar-refractivity contribution in [3.8, 4) is 11.5 Å². The van der Waals surface area contributed by atoms with Crippen LogP contribution in [0.25, 0.3) is 0 Å². The van der Waals surface area contributed by atoms with Gasteiger partial charge < -0.3 is 24.3 Å². The first-order valence-electron chi connectivity index (χ1n) is 8.97. The van der Waals surface area contributed by atoms with Crippen LogP contribution in [0.15, 0.2) is 65.3 Å². The molecule has 1 atom stereocenters. The van der Waals surface area contributed by atoms with Crippen LogP contribution in [0.1, 0.15) is 21.7 Å². The molecule has 0 aliphatic rings. The number of carbonyl (C=O) groups is 1. The summed E-state index contributed by atoms with van der Waals surface area (Å²) in [6.07, 6.45) is 0.679. The van der Waals surface area contributed by atoms with Crippen LogP contribution in [0.3, 0.4) is 0 Å². The van der Waals surface area contributed by atoms with Crippen molar-refractivity contribution in [1.29, 1.82) is 0 Å². The summed E-state index contributed by atoms with van der Waals surface area (Å²) in [5, 5.41) is 12.8. The van der Waals surface area contributed by atoms with Crippen LogP contribution in [0.5, 0.6) is 11.5 Å². The largest absolute Gasteiger partial charge is 0.491 e. The van der Waals surface area contributed by atoms with E-state index >= 15 is 0 Å². The van der Waals surface area contributed by atoms with Crippen molar-refractivity contribution < 1.29 is 23.8 Å². The van der Waals surface area contributed by atoms with E-state index in [0.717, 1.165) is 16.9 Å². The van der Waals surface area contributed by atoms with Crippen LogP contribution in [0.2, 0.25) is 0 Å². The predicted octanol–water partition coefficient (Wildman–Crippen LogP) is 3.97. The fourth-order valence-corrected chi connectivity index (χ4v) is 2.68. The van der Waals surface area contributed by atoms with Crippen LogP contribution in [0.4, 0.5) is 5.69 Å². The topological polar surface area (TPSA) is 80.9 Å². The van der Waals surface area contributed by atoms with Crippen molar-refractivity contribution in [1.82, 2.24) is 0 Å². The first-order chi connectivity index (χ1) is 13.5. The smallest absolute Gasteiger partial charge is 0.291 e. The Balaban J connectivity index is 1.46. The number of furan rings is 1. The molecule has 6 nitrogen and oxygen atoms in total. The number of hydrogen-bond donors (Lipinski definition) is 2. The molecule has 28 heavy (non-hydrogen) atoms. The second-order valence-electron chi connectivity index (χ2n) is 6.45. The van der Waals surface area contributed by atoms with Crippen LogP contribution in [0, 0.1) is 13.8 Å². The van der Waals surface area contributed by atoms with E-state index in [1.165, 1.54) is 6.26 Å². The molecular weight excluding hydrogens is 358 g/mol. The predicted molar refractivity (Wildman–Crippen MR) is 106 cm³/mol. The van der Waals surface area contributed by atoms with Crippen molar-refractivity contribution in [2.75, 3.05) is 18.5 Å². The third-order valence-electron chi connectivity index (χ3n) is 4.13. The number of anilines is 1. The van der Waals surface area contributed by atoms with Crippen molar-refractivity contribution in [3.63, 3.8) is 0 Å². The van der Waals surface area contributed by atoms with Crippen LogP contribution < -0.4 is 14.8 Å². The second-order valence-corrected chi connectivity index (χ2v) is 6.45. The molecule has 3 aromatic rings. The van der Waals surface area contributed by atoms with Crippen LogP contribution >= 0.6 is 0 Å². The number of aliphatic hydroxyl groups excluding tert-OH is 1. The van der Waals surface area contributed by atoms with Gasteiger partial charge in [-0.15, -0.1) is 0 Å². The number of amides is 1. The Labute approximate surface area is 163 Å². The lowest BCUT2D eigenvalue weighted by Gasteiger charge is -2.16. The fraction of sp³-hybridized carbons (Fsp3) is 0.227. The maximum atomic E-state index is 11.9. The van der Waals surface area contributed by atoms with Gasteiger partial charge in [0, 0.05) is 5.69 Å². The number of rotatable bonds is 8. The molecule has 0 aliphatic heterocycles. The molecule has 0 radical (unpaired) electrons. The number of aliphatic hydroxyl groups is 1. The summed E-state index contributed by atoms with van der Waals surface area (Å²) in [4.78, 5) is 11.9. The Morgan fingerprint density at radius 3 is 2.32 bits per heavy atom. The monoisotopic (exact) mass is 381 g/mol. The number of carbonyl (C=O) groups excluding carboxylic acids is 1. The lowest BCUT2D eigenvalue weighted by molar-refractivity contribution is 0.0622.